The highest BCUT2D eigenvalue weighted by Gasteiger charge is 2.30. The SMILES string of the molecule is CCNC(=O)[C@H](CC)N(Cc1c(Cl)cccc1Cl)C(=O)Cc1c(Cl)cccc1Cl. The van der Waals surface area contributed by atoms with Crippen LogP contribution in [0.5, 0.6) is 0 Å². The minimum atomic E-state index is -0.684. The molecule has 4 nitrogen and oxygen atoms in total. The van der Waals surface area contributed by atoms with Crippen LogP contribution >= 0.6 is 46.4 Å². The van der Waals surface area contributed by atoms with Gasteiger partial charge < -0.3 is 10.2 Å². The number of halogens is 4. The van der Waals surface area contributed by atoms with Crippen molar-refractivity contribution in [3.63, 3.8) is 0 Å². The maximum Gasteiger partial charge on any atom is 0.242 e. The van der Waals surface area contributed by atoms with E-state index in [1.165, 1.54) is 4.90 Å². The molecule has 0 aliphatic heterocycles. The quantitative estimate of drug-likeness (QED) is 0.525. The van der Waals surface area contributed by atoms with Crippen molar-refractivity contribution in [2.24, 2.45) is 0 Å². The van der Waals surface area contributed by atoms with Crippen LogP contribution in [0.2, 0.25) is 20.1 Å². The summed E-state index contributed by atoms with van der Waals surface area (Å²) in [4.78, 5) is 27.4. The van der Waals surface area contributed by atoms with Crippen LogP contribution in [0.4, 0.5) is 0 Å². The number of carbonyl (C=O) groups excluding carboxylic acids is 2. The van der Waals surface area contributed by atoms with Gasteiger partial charge in [0.15, 0.2) is 0 Å². The highest BCUT2D eigenvalue weighted by molar-refractivity contribution is 6.36. The third kappa shape index (κ3) is 6.02. The van der Waals surface area contributed by atoms with Crippen molar-refractivity contribution >= 4 is 58.2 Å². The lowest BCUT2D eigenvalue weighted by Gasteiger charge is -2.31. The molecule has 1 N–H and O–H groups in total. The lowest BCUT2D eigenvalue weighted by molar-refractivity contribution is -0.140. The second-order valence-corrected chi connectivity index (χ2v) is 8.05. The fourth-order valence-electron chi connectivity index (χ4n) is 3.02. The van der Waals surface area contributed by atoms with Gasteiger partial charge in [-0.15, -0.1) is 0 Å². The molecule has 156 valence electrons. The van der Waals surface area contributed by atoms with Gasteiger partial charge in [-0.1, -0.05) is 65.5 Å². The molecule has 2 rings (SSSR count). The van der Waals surface area contributed by atoms with Crippen molar-refractivity contribution in [1.29, 1.82) is 0 Å². The first-order chi connectivity index (χ1) is 13.8. The van der Waals surface area contributed by atoms with E-state index in [1.54, 1.807) is 36.4 Å². The number of nitrogens with one attached hydrogen (secondary N) is 1. The molecule has 1 atom stereocenters. The summed E-state index contributed by atoms with van der Waals surface area (Å²) >= 11 is 25.1. The van der Waals surface area contributed by atoms with Crippen molar-refractivity contribution in [3.05, 3.63) is 67.6 Å². The summed E-state index contributed by atoms with van der Waals surface area (Å²) in [5, 5.41) is 4.43. The van der Waals surface area contributed by atoms with Crippen LogP contribution < -0.4 is 5.32 Å². The minimum absolute atomic E-state index is 0.0452. The molecule has 0 radical (unpaired) electrons. The summed E-state index contributed by atoms with van der Waals surface area (Å²) < 4.78 is 0. The van der Waals surface area contributed by atoms with E-state index < -0.39 is 6.04 Å². The Hall–Kier alpha value is -1.46. The van der Waals surface area contributed by atoms with Gasteiger partial charge in [0.05, 0.1) is 6.42 Å². The van der Waals surface area contributed by atoms with Gasteiger partial charge in [0.25, 0.3) is 0 Å². The summed E-state index contributed by atoms with van der Waals surface area (Å²) in [5.41, 5.74) is 1.10. The van der Waals surface area contributed by atoms with Crippen LogP contribution in [0.25, 0.3) is 0 Å². The van der Waals surface area contributed by atoms with Crippen LogP contribution in [-0.4, -0.2) is 29.3 Å². The highest BCUT2D eigenvalue weighted by atomic mass is 35.5. The Bertz CT molecular complexity index is 848. The summed E-state index contributed by atoms with van der Waals surface area (Å²) in [5.74, 6) is -0.536. The van der Waals surface area contributed by atoms with Crippen LogP contribution in [0.1, 0.15) is 31.4 Å². The Morgan fingerprint density at radius 3 is 1.83 bits per heavy atom. The lowest BCUT2D eigenvalue weighted by atomic mass is 10.1. The van der Waals surface area contributed by atoms with Gasteiger partial charge in [0.2, 0.25) is 11.8 Å². The fraction of sp³-hybridized carbons (Fsp3) is 0.333. The predicted molar refractivity (Wildman–Crippen MR) is 120 cm³/mol. The van der Waals surface area contributed by atoms with E-state index in [9.17, 15) is 9.59 Å². The molecular weight excluding hydrogens is 454 g/mol. The molecule has 0 aliphatic rings. The molecule has 0 saturated carbocycles. The predicted octanol–water partition coefficient (Wildman–Crippen LogP) is 5.79. The second kappa shape index (κ2) is 11.1. The van der Waals surface area contributed by atoms with Crippen LogP contribution in [0.15, 0.2) is 36.4 Å². The number of benzene rings is 2. The van der Waals surface area contributed by atoms with E-state index in [2.05, 4.69) is 5.32 Å². The standard InChI is InChI=1S/C21H22Cl4N2O2/c1-3-19(21(29)26-4-2)27(12-14-17(24)9-6-10-18(14)25)20(28)11-13-15(22)7-5-8-16(13)23/h5-10,19H,3-4,11-12H2,1-2H3,(H,26,29)/t19-/m0/s1. The van der Waals surface area contributed by atoms with E-state index in [-0.39, 0.29) is 24.8 Å². The van der Waals surface area contributed by atoms with Crippen LogP contribution in [0.3, 0.4) is 0 Å². The molecule has 0 saturated heterocycles. The molecule has 2 aromatic carbocycles. The number of hydrogen-bond donors (Lipinski definition) is 1. The number of carbonyl (C=O) groups is 2. The second-order valence-electron chi connectivity index (χ2n) is 6.42. The Morgan fingerprint density at radius 2 is 1.38 bits per heavy atom. The van der Waals surface area contributed by atoms with Gasteiger partial charge in [0.1, 0.15) is 6.04 Å². The van der Waals surface area contributed by atoms with Gasteiger partial charge in [0, 0.05) is 38.7 Å². The van der Waals surface area contributed by atoms with Crippen LogP contribution in [-0.2, 0) is 22.6 Å². The average molecular weight is 476 g/mol. The maximum absolute atomic E-state index is 13.3. The maximum atomic E-state index is 13.3. The van der Waals surface area contributed by atoms with Gasteiger partial charge >= 0.3 is 0 Å². The van der Waals surface area contributed by atoms with Crippen molar-refractivity contribution < 1.29 is 9.59 Å². The molecule has 0 unspecified atom stereocenters. The summed E-state index contributed by atoms with van der Waals surface area (Å²) in [7, 11) is 0. The zero-order valence-corrected chi connectivity index (χ0v) is 19.2. The monoisotopic (exact) mass is 474 g/mol. The molecule has 0 heterocycles. The number of amides is 2. The third-order valence-corrected chi connectivity index (χ3v) is 5.93. The Morgan fingerprint density at radius 1 is 0.897 bits per heavy atom. The normalized spacial score (nSPS) is 11.8. The Balaban J connectivity index is 2.42. The molecule has 29 heavy (non-hydrogen) atoms. The van der Waals surface area contributed by atoms with Gasteiger partial charge in [-0.25, -0.2) is 0 Å². The fourth-order valence-corrected chi connectivity index (χ4v) is 4.07. The van der Waals surface area contributed by atoms with E-state index in [4.69, 9.17) is 46.4 Å². The Labute approximate surface area is 191 Å². The van der Waals surface area contributed by atoms with E-state index in [0.717, 1.165) is 0 Å². The van der Waals surface area contributed by atoms with Gasteiger partial charge in [-0.05, 0) is 43.2 Å². The summed E-state index contributed by atoms with van der Waals surface area (Å²) in [6.45, 7) is 4.22. The molecule has 0 aromatic heterocycles. The molecule has 2 aromatic rings. The van der Waals surface area contributed by atoms with Gasteiger partial charge in [-0.2, -0.15) is 0 Å². The smallest absolute Gasteiger partial charge is 0.242 e. The molecule has 0 fully saturated rings. The topological polar surface area (TPSA) is 49.4 Å². The molecular formula is C21H22Cl4N2O2. The first-order valence-electron chi connectivity index (χ1n) is 9.23. The van der Waals surface area contributed by atoms with Crippen molar-refractivity contribution in [2.75, 3.05) is 6.54 Å². The van der Waals surface area contributed by atoms with E-state index in [1.807, 2.05) is 13.8 Å². The number of rotatable bonds is 8. The largest absolute Gasteiger partial charge is 0.355 e. The van der Waals surface area contributed by atoms with E-state index >= 15 is 0 Å². The number of nitrogens with zero attached hydrogens (tertiary/aromatic N) is 1. The zero-order valence-electron chi connectivity index (χ0n) is 16.1. The first kappa shape index (κ1) is 23.8. The van der Waals surface area contributed by atoms with E-state index in [0.29, 0.717) is 44.2 Å². The van der Waals surface area contributed by atoms with Crippen molar-refractivity contribution in [2.45, 2.75) is 39.3 Å². The Kier molecular flexibility index (Phi) is 9.09. The first-order valence-corrected chi connectivity index (χ1v) is 10.7. The molecule has 0 spiro atoms. The minimum Gasteiger partial charge on any atom is -0.355 e. The zero-order chi connectivity index (χ0) is 21.6. The average Bonchev–Trinajstić information content (AvgIpc) is 2.67. The molecule has 2 amide bonds. The summed E-state index contributed by atoms with van der Waals surface area (Å²) in [6, 6.07) is 9.50. The highest BCUT2D eigenvalue weighted by Crippen LogP contribution is 2.29. The third-order valence-electron chi connectivity index (χ3n) is 4.52. The van der Waals surface area contributed by atoms with Crippen molar-refractivity contribution in [1.82, 2.24) is 10.2 Å². The number of likely N-dealkylation sites (N-methyl/N-ethyl adjacent to an activating group) is 1. The summed E-state index contributed by atoms with van der Waals surface area (Å²) in [6.07, 6.45) is 0.381. The molecule has 0 bridgehead atoms. The number of hydrogen-bond acceptors (Lipinski definition) is 2. The van der Waals surface area contributed by atoms with Crippen LogP contribution in [0, 0.1) is 0 Å². The molecule has 8 heteroatoms. The molecule has 0 aliphatic carbocycles. The van der Waals surface area contributed by atoms with Gasteiger partial charge in [-0.3, -0.25) is 9.59 Å². The van der Waals surface area contributed by atoms with Crippen molar-refractivity contribution in [3.8, 4) is 0 Å². The lowest BCUT2D eigenvalue weighted by Crippen LogP contribution is -2.49.